The molecule has 1 fully saturated rings. The molecule has 0 radical (unpaired) electrons. The Morgan fingerprint density at radius 2 is 1.87 bits per heavy atom. The summed E-state index contributed by atoms with van der Waals surface area (Å²) in [6.45, 7) is 16.5. The summed E-state index contributed by atoms with van der Waals surface area (Å²) in [4.78, 5) is 25.9. The van der Waals surface area contributed by atoms with Gasteiger partial charge in [0.15, 0.2) is 0 Å². The summed E-state index contributed by atoms with van der Waals surface area (Å²) in [5.41, 5.74) is -0.777. The maximum Gasteiger partial charge on any atom is 0.410 e. The number of hydrogen-bond acceptors (Lipinski definition) is 4. The van der Waals surface area contributed by atoms with E-state index in [0.29, 0.717) is 19.1 Å². The van der Waals surface area contributed by atoms with E-state index in [1.165, 1.54) is 0 Å². The number of carbonyl (C=O) groups excluding carboxylic acids is 2. The third-order valence-corrected chi connectivity index (χ3v) is 3.90. The summed E-state index contributed by atoms with van der Waals surface area (Å²) in [7, 11) is 0. The topological polar surface area (TPSA) is 67.9 Å². The van der Waals surface area contributed by atoms with Crippen molar-refractivity contribution in [3.8, 4) is 0 Å². The zero-order valence-electron chi connectivity index (χ0n) is 15.7. The number of hydrogen-bond donors (Lipinski definition) is 1. The maximum atomic E-state index is 12.1. The Morgan fingerprint density at radius 3 is 2.30 bits per heavy atom. The highest BCUT2D eigenvalue weighted by atomic mass is 16.6. The first-order chi connectivity index (χ1) is 10.3. The van der Waals surface area contributed by atoms with E-state index in [1.54, 1.807) is 4.90 Å². The molecule has 1 aliphatic heterocycles. The van der Waals surface area contributed by atoms with E-state index in [0.717, 1.165) is 0 Å². The highest BCUT2D eigenvalue weighted by Crippen LogP contribution is 2.25. The summed E-state index contributed by atoms with van der Waals surface area (Å²) in [6.07, 6.45) is -0.782. The molecule has 134 valence electrons. The second-order valence-electron chi connectivity index (χ2n) is 8.61. The molecule has 23 heavy (non-hydrogen) atoms. The first kappa shape index (κ1) is 19.6. The van der Waals surface area contributed by atoms with Crippen molar-refractivity contribution in [2.45, 2.75) is 73.1 Å². The van der Waals surface area contributed by atoms with Gasteiger partial charge in [0.2, 0.25) is 0 Å². The van der Waals surface area contributed by atoms with E-state index in [2.05, 4.69) is 19.2 Å². The number of cyclic esters (lactones) is 1. The van der Waals surface area contributed by atoms with Crippen LogP contribution in [0.3, 0.4) is 0 Å². The molecule has 0 bridgehead atoms. The quantitative estimate of drug-likeness (QED) is 0.859. The molecule has 1 saturated heterocycles. The van der Waals surface area contributed by atoms with E-state index < -0.39 is 11.7 Å². The average Bonchev–Trinajstić information content (AvgIpc) is 2.66. The van der Waals surface area contributed by atoms with E-state index >= 15 is 0 Å². The lowest BCUT2D eigenvalue weighted by molar-refractivity contribution is 0.0436. The van der Waals surface area contributed by atoms with Gasteiger partial charge in [0.1, 0.15) is 12.2 Å². The Balaban J connectivity index is 2.83. The fourth-order valence-corrected chi connectivity index (χ4v) is 2.41. The smallest absolute Gasteiger partial charge is 0.410 e. The second-order valence-corrected chi connectivity index (χ2v) is 8.61. The molecule has 0 aliphatic carbocycles. The van der Waals surface area contributed by atoms with Crippen LogP contribution in [-0.2, 0) is 9.47 Å². The Bertz CT molecular complexity index is 435. The minimum absolute atomic E-state index is 0.0350. The molecule has 6 nitrogen and oxygen atoms in total. The third kappa shape index (κ3) is 5.92. The molecule has 2 amide bonds. The molecule has 0 unspecified atom stereocenters. The van der Waals surface area contributed by atoms with Crippen LogP contribution in [-0.4, -0.2) is 47.9 Å². The van der Waals surface area contributed by atoms with Crippen LogP contribution < -0.4 is 5.32 Å². The zero-order valence-corrected chi connectivity index (χ0v) is 15.7. The summed E-state index contributed by atoms with van der Waals surface area (Å²) in [5.74, 6) is 0.295. The molecule has 1 rings (SSSR count). The first-order valence-corrected chi connectivity index (χ1v) is 8.24. The Hall–Kier alpha value is -1.46. The van der Waals surface area contributed by atoms with Crippen LogP contribution in [0.4, 0.5) is 9.59 Å². The Labute approximate surface area is 139 Å². The number of rotatable bonds is 4. The minimum Gasteiger partial charge on any atom is -0.447 e. The number of amides is 2. The predicted octanol–water partition coefficient (Wildman–Crippen LogP) is 3.40. The highest BCUT2D eigenvalue weighted by Gasteiger charge is 2.39. The normalized spacial score (nSPS) is 20.5. The van der Waals surface area contributed by atoms with E-state index in [-0.39, 0.29) is 23.6 Å². The molecule has 1 heterocycles. The van der Waals surface area contributed by atoms with Crippen LogP contribution in [0.5, 0.6) is 0 Å². The molecular weight excluding hydrogens is 296 g/mol. The number of nitrogens with zero attached hydrogens (tertiary/aromatic N) is 1. The second kappa shape index (κ2) is 6.97. The summed E-state index contributed by atoms with van der Waals surface area (Å²) < 4.78 is 10.5. The van der Waals surface area contributed by atoms with E-state index in [1.807, 2.05) is 41.5 Å². The SMILES string of the molecule is CC(C)[C@H]1COC(=O)N1C[C@@H](NC(=O)OC(C)(C)C)C(C)(C)C. The first-order valence-electron chi connectivity index (χ1n) is 8.24. The van der Waals surface area contributed by atoms with Crippen molar-refractivity contribution in [1.29, 1.82) is 0 Å². The molecule has 6 heteroatoms. The van der Waals surface area contributed by atoms with Gasteiger partial charge in [-0.2, -0.15) is 0 Å². The Morgan fingerprint density at radius 1 is 1.30 bits per heavy atom. The van der Waals surface area contributed by atoms with Crippen LogP contribution >= 0.6 is 0 Å². The van der Waals surface area contributed by atoms with Crippen LogP contribution in [0.25, 0.3) is 0 Å². The molecular formula is C17H32N2O4. The van der Waals surface area contributed by atoms with E-state index in [4.69, 9.17) is 9.47 Å². The lowest BCUT2D eigenvalue weighted by atomic mass is 9.86. The van der Waals surface area contributed by atoms with Gasteiger partial charge in [0.05, 0.1) is 12.1 Å². The van der Waals surface area contributed by atoms with Gasteiger partial charge in [-0.25, -0.2) is 9.59 Å². The van der Waals surface area contributed by atoms with Crippen LogP contribution in [0, 0.1) is 11.3 Å². The molecule has 0 aromatic heterocycles. The molecule has 1 N–H and O–H groups in total. The lowest BCUT2D eigenvalue weighted by Crippen LogP contribution is -2.54. The van der Waals surface area contributed by atoms with Gasteiger partial charge in [-0.3, -0.25) is 4.90 Å². The largest absolute Gasteiger partial charge is 0.447 e. The lowest BCUT2D eigenvalue weighted by Gasteiger charge is -2.36. The highest BCUT2D eigenvalue weighted by molar-refractivity contribution is 5.71. The van der Waals surface area contributed by atoms with Crippen molar-refractivity contribution in [1.82, 2.24) is 10.2 Å². The third-order valence-electron chi connectivity index (χ3n) is 3.90. The molecule has 0 saturated carbocycles. The van der Waals surface area contributed by atoms with Gasteiger partial charge in [-0.05, 0) is 32.1 Å². The maximum absolute atomic E-state index is 12.1. The summed E-state index contributed by atoms with van der Waals surface area (Å²) in [6, 6.07) is -0.197. The van der Waals surface area contributed by atoms with Crippen molar-refractivity contribution in [3.05, 3.63) is 0 Å². The van der Waals surface area contributed by atoms with Gasteiger partial charge in [0.25, 0.3) is 0 Å². The van der Waals surface area contributed by atoms with Gasteiger partial charge >= 0.3 is 12.2 Å². The van der Waals surface area contributed by atoms with Crippen LogP contribution in [0.1, 0.15) is 55.4 Å². The van der Waals surface area contributed by atoms with Crippen molar-refractivity contribution in [3.63, 3.8) is 0 Å². The van der Waals surface area contributed by atoms with Gasteiger partial charge in [-0.15, -0.1) is 0 Å². The van der Waals surface area contributed by atoms with E-state index in [9.17, 15) is 9.59 Å². The van der Waals surface area contributed by atoms with Gasteiger partial charge < -0.3 is 14.8 Å². The number of nitrogens with one attached hydrogen (secondary N) is 1. The summed E-state index contributed by atoms with van der Waals surface area (Å²) in [5, 5.41) is 2.91. The number of ether oxygens (including phenoxy) is 2. The number of carbonyl (C=O) groups is 2. The molecule has 1 aliphatic rings. The standard InChI is InChI=1S/C17H32N2O4/c1-11(2)12-10-22-15(21)19(12)9-13(16(3,4)5)18-14(20)23-17(6,7)8/h11-13H,9-10H2,1-8H3,(H,18,20)/t12-,13-/m1/s1. The fraction of sp³-hybridized carbons (Fsp3) is 0.882. The molecule has 2 atom stereocenters. The Kier molecular flexibility index (Phi) is 5.94. The predicted molar refractivity (Wildman–Crippen MR) is 89.3 cm³/mol. The van der Waals surface area contributed by atoms with Crippen molar-refractivity contribution >= 4 is 12.2 Å². The fourth-order valence-electron chi connectivity index (χ4n) is 2.41. The van der Waals surface area contributed by atoms with Gasteiger partial charge in [0, 0.05) is 6.54 Å². The van der Waals surface area contributed by atoms with Crippen molar-refractivity contribution in [2.75, 3.05) is 13.2 Å². The molecule has 0 aromatic rings. The summed E-state index contributed by atoms with van der Waals surface area (Å²) >= 11 is 0. The monoisotopic (exact) mass is 328 g/mol. The molecule has 0 spiro atoms. The van der Waals surface area contributed by atoms with Crippen molar-refractivity contribution < 1.29 is 19.1 Å². The average molecular weight is 328 g/mol. The molecule has 0 aromatic carbocycles. The number of alkyl carbamates (subject to hydrolysis) is 1. The van der Waals surface area contributed by atoms with Crippen LogP contribution in [0.2, 0.25) is 0 Å². The van der Waals surface area contributed by atoms with Gasteiger partial charge in [-0.1, -0.05) is 34.6 Å². The zero-order chi connectivity index (χ0) is 18.0. The minimum atomic E-state index is -0.556. The van der Waals surface area contributed by atoms with Crippen molar-refractivity contribution in [2.24, 2.45) is 11.3 Å². The van der Waals surface area contributed by atoms with Crippen LogP contribution in [0.15, 0.2) is 0 Å².